The minimum atomic E-state index is -1.21. The van der Waals surface area contributed by atoms with Gasteiger partial charge in [-0.05, 0) is 17.9 Å². The van der Waals surface area contributed by atoms with Gasteiger partial charge in [0.05, 0.1) is 12.6 Å². The van der Waals surface area contributed by atoms with Gasteiger partial charge in [-0.3, -0.25) is 4.84 Å². The van der Waals surface area contributed by atoms with Gasteiger partial charge in [0.15, 0.2) is 0 Å². The lowest BCUT2D eigenvalue weighted by Gasteiger charge is -2.35. The molecule has 0 aromatic heterocycles. The zero-order valence-corrected chi connectivity index (χ0v) is 12.4. The van der Waals surface area contributed by atoms with Crippen molar-refractivity contribution < 1.29 is 19.8 Å². The summed E-state index contributed by atoms with van der Waals surface area (Å²) in [6.07, 6.45) is -1.63. The summed E-state index contributed by atoms with van der Waals surface area (Å²) < 4.78 is 0. The minimum absolute atomic E-state index is 0.287. The van der Waals surface area contributed by atoms with Crippen molar-refractivity contribution in [1.29, 1.82) is 0 Å². The molecule has 20 heavy (non-hydrogen) atoms. The van der Waals surface area contributed by atoms with Crippen LogP contribution in [-0.4, -0.2) is 34.0 Å². The molecule has 0 radical (unpaired) electrons. The third-order valence-electron chi connectivity index (χ3n) is 2.96. The molecule has 0 aliphatic rings. The molecule has 0 heterocycles. The number of nitrogens with zero attached hydrogens (tertiary/aromatic N) is 1. The van der Waals surface area contributed by atoms with Crippen LogP contribution in [0.4, 0.5) is 4.79 Å². The fourth-order valence-corrected chi connectivity index (χ4v) is 1.87. The van der Waals surface area contributed by atoms with Crippen LogP contribution >= 0.6 is 0 Å². The number of aliphatic hydroxyl groups excluding tert-OH is 1. The monoisotopic (exact) mass is 281 g/mol. The molecule has 2 atom stereocenters. The smallest absolute Gasteiger partial charge is 0.431 e. The van der Waals surface area contributed by atoms with Crippen molar-refractivity contribution >= 4 is 6.09 Å². The number of hydrogen-bond acceptors (Lipinski definition) is 3. The van der Waals surface area contributed by atoms with Crippen LogP contribution in [0.1, 0.15) is 39.4 Å². The highest BCUT2D eigenvalue weighted by Gasteiger charge is 2.33. The van der Waals surface area contributed by atoms with Crippen LogP contribution in [0.2, 0.25) is 0 Å². The van der Waals surface area contributed by atoms with Crippen molar-refractivity contribution in [2.24, 2.45) is 5.41 Å². The molecule has 0 saturated heterocycles. The van der Waals surface area contributed by atoms with Gasteiger partial charge in [-0.1, -0.05) is 51.1 Å². The quantitative estimate of drug-likeness (QED) is 0.814. The first kappa shape index (κ1) is 16.5. The molecule has 1 aromatic carbocycles. The number of hydrogen-bond donors (Lipinski definition) is 2. The molecule has 2 unspecified atom stereocenters. The van der Waals surface area contributed by atoms with Crippen LogP contribution in [0, 0.1) is 5.41 Å². The second-order valence-electron chi connectivity index (χ2n) is 5.90. The number of benzene rings is 1. The highest BCUT2D eigenvalue weighted by molar-refractivity contribution is 5.64. The van der Waals surface area contributed by atoms with Crippen LogP contribution in [0.25, 0.3) is 0 Å². The van der Waals surface area contributed by atoms with Crippen LogP contribution < -0.4 is 0 Å². The average molecular weight is 281 g/mol. The standard InChI is InChI=1S/C15H23NO4/c1-11(10-17)16(14(18)19)20-13(15(2,3)4)12-8-6-5-7-9-12/h5-9,11,13,17H,10H2,1-4H3,(H,18,19). The number of carboxylic acid groups (broad SMARTS) is 1. The van der Waals surface area contributed by atoms with E-state index >= 15 is 0 Å². The van der Waals surface area contributed by atoms with E-state index in [0.29, 0.717) is 0 Å². The van der Waals surface area contributed by atoms with E-state index in [1.54, 1.807) is 6.92 Å². The van der Waals surface area contributed by atoms with Gasteiger partial charge in [-0.25, -0.2) is 4.79 Å². The molecule has 5 nitrogen and oxygen atoms in total. The van der Waals surface area contributed by atoms with Gasteiger partial charge in [0.1, 0.15) is 6.10 Å². The SMILES string of the molecule is CC(CO)N(OC(c1ccccc1)C(C)(C)C)C(=O)O. The molecule has 2 N–H and O–H groups in total. The van der Waals surface area contributed by atoms with Crippen LogP contribution in [0.5, 0.6) is 0 Å². The number of carbonyl (C=O) groups is 1. The molecule has 0 fully saturated rings. The first-order valence-electron chi connectivity index (χ1n) is 6.62. The zero-order valence-electron chi connectivity index (χ0n) is 12.4. The van der Waals surface area contributed by atoms with Crippen LogP contribution in [0.3, 0.4) is 0 Å². The molecule has 1 aromatic rings. The molecule has 1 rings (SSSR count). The van der Waals surface area contributed by atoms with E-state index in [1.807, 2.05) is 51.1 Å². The van der Waals surface area contributed by atoms with Crippen molar-refractivity contribution in [3.05, 3.63) is 35.9 Å². The molecule has 112 valence electrons. The van der Waals surface area contributed by atoms with Crippen molar-refractivity contribution in [1.82, 2.24) is 5.06 Å². The fraction of sp³-hybridized carbons (Fsp3) is 0.533. The Bertz CT molecular complexity index is 427. The van der Waals surface area contributed by atoms with Gasteiger partial charge in [-0.2, -0.15) is 5.06 Å². The van der Waals surface area contributed by atoms with Gasteiger partial charge in [0, 0.05) is 0 Å². The van der Waals surface area contributed by atoms with E-state index in [0.717, 1.165) is 10.6 Å². The fourth-order valence-electron chi connectivity index (χ4n) is 1.87. The maximum atomic E-state index is 11.3. The first-order valence-corrected chi connectivity index (χ1v) is 6.62. The third-order valence-corrected chi connectivity index (χ3v) is 2.96. The average Bonchev–Trinajstić information content (AvgIpc) is 2.38. The molecule has 0 aliphatic carbocycles. The minimum Gasteiger partial charge on any atom is -0.463 e. The predicted octanol–water partition coefficient (Wildman–Crippen LogP) is 3.07. The summed E-state index contributed by atoms with van der Waals surface area (Å²) in [5.41, 5.74) is 0.612. The Balaban J connectivity index is 3.04. The lowest BCUT2D eigenvalue weighted by atomic mass is 9.85. The van der Waals surface area contributed by atoms with E-state index in [9.17, 15) is 9.90 Å². The maximum Gasteiger partial charge on any atom is 0.431 e. The Hall–Kier alpha value is -1.59. The number of aliphatic hydroxyl groups is 1. The Morgan fingerprint density at radius 3 is 2.25 bits per heavy atom. The van der Waals surface area contributed by atoms with Gasteiger partial charge in [-0.15, -0.1) is 0 Å². The summed E-state index contributed by atoms with van der Waals surface area (Å²) >= 11 is 0. The normalized spacial score (nSPS) is 14.7. The van der Waals surface area contributed by atoms with Crippen molar-refractivity contribution in [2.75, 3.05) is 6.61 Å². The lowest BCUT2D eigenvalue weighted by Crippen LogP contribution is -2.42. The summed E-state index contributed by atoms with van der Waals surface area (Å²) in [6.45, 7) is 7.24. The largest absolute Gasteiger partial charge is 0.463 e. The van der Waals surface area contributed by atoms with E-state index in [-0.39, 0.29) is 12.0 Å². The summed E-state index contributed by atoms with van der Waals surface area (Å²) in [5, 5.41) is 19.2. The number of amides is 1. The highest BCUT2D eigenvalue weighted by atomic mass is 16.7. The number of rotatable bonds is 5. The molecule has 5 heteroatoms. The van der Waals surface area contributed by atoms with Gasteiger partial charge < -0.3 is 10.2 Å². The Labute approximate surface area is 119 Å². The van der Waals surface area contributed by atoms with E-state index < -0.39 is 18.2 Å². The van der Waals surface area contributed by atoms with Gasteiger partial charge in [0.2, 0.25) is 0 Å². The zero-order chi connectivity index (χ0) is 15.3. The third kappa shape index (κ3) is 4.21. The van der Waals surface area contributed by atoms with Crippen molar-refractivity contribution in [2.45, 2.75) is 39.8 Å². The first-order chi connectivity index (χ1) is 9.27. The second kappa shape index (κ2) is 6.72. The van der Waals surface area contributed by atoms with E-state index in [4.69, 9.17) is 9.94 Å². The lowest BCUT2D eigenvalue weighted by molar-refractivity contribution is -0.223. The molecule has 1 amide bonds. The summed E-state index contributed by atoms with van der Waals surface area (Å²) in [4.78, 5) is 17.0. The van der Waals surface area contributed by atoms with E-state index in [2.05, 4.69) is 0 Å². The Morgan fingerprint density at radius 2 is 1.85 bits per heavy atom. The van der Waals surface area contributed by atoms with Crippen LogP contribution in [0.15, 0.2) is 30.3 Å². The summed E-state index contributed by atoms with van der Waals surface area (Å²) in [6, 6.07) is 8.85. The Morgan fingerprint density at radius 1 is 1.30 bits per heavy atom. The predicted molar refractivity (Wildman–Crippen MR) is 76.1 cm³/mol. The second-order valence-corrected chi connectivity index (χ2v) is 5.90. The topological polar surface area (TPSA) is 70.0 Å². The van der Waals surface area contributed by atoms with Gasteiger partial charge in [0.25, 0.3) is 0 Å². The Kier molecular flexibility index (Phi) is 5.53. The van der Waals surface area contributed by atoms with Crippen LogP contribution in [-0.2, 0) is 4.84 Å². The summed E-state index contributed by atoms with van der Waals surface area (Å²) in [7, 11) is 0. The maximum absolute atomic E-state index is 11.3. The molecular weight excluding hydrogens is 258 g/mol. The highest BCUT2D eigenvalue weighted by Crippen LogP contribution is 2.37. The van der Waals surface area contributed by atoms with E-state index in [1.165, 1.54) is 0 Å². The molecule has 0 bridgehead atoms. The molecule has 0 aliphatic heterocycles. The van der Waals surface area contributed by atoms with Crippen molar-refractivity contribution in [3.63, 3.8) is 0 Å². The molecule has 0 spiro atoms. The van der Waals surface area contributed by atoms with Crippen molar-refractivity contribution in [3.8, 4) is 0 Å². The summed E-state index contributed by atoms with van der Waals surface area (Å²) in [5.74, 6) is 0. The van der Waals surface area contributed by atoms with Gasteiger partial charge >= 0.3 is 6.09 Å². The molecular formula is C15H23NO4. The molecule has 0 saturated carbocycles. The number of hydroxylamine groups is 2.